The highest BCUT2D eigenvalue weighted by Gasteiger charge is 2.12. The van der Waals surface area contributed by atoms with Gasteiger partial charge in [0.15, 0.2) is 5.78 Å². The Morgan fingerprint density at radius 2 is 1.80 bits per heavy atom. The minimum Gasteiger partial charge on any atom is -0.291 e. The van der Waals surface area contributed by atoms with Crippen LogP contribution >= 0.6 is 11.6 Å². The largest absolute Gasteiger partial charge is 0.291 e. The molecule has 0 aliphatic rings. The van der Waals surface area contributed by atoms with E-state index in [9.17, 15) is 9.59 Å². The summed E-state index contributed by atoms with van der Waals surface area (Å²) in [6.07, 6.45) is 0.311. The Hall–Kier alpha value is -0.370. The maximum atomic E-state index is 10.8. The van der Waals surface area contributed by atoms with Crippen molar-refractivity contribution in [2.75, 3.05) is 5.88 Å². The molecule has 3 heteroatoms. The summed E-state index contributed by atoms with van der Waals surface area (Å²) in [5, 5.41) is 0. The van der Waals surface area contributed by atoms with Crippen molar-refractivity contribution in [3.8, 4) is 0 Å². The van der Waals surface area contributed by atoms with E-state index in [0.717, 1.165) is 0 Å². The molecule has 0 amide bonds. The van der Waals surface area contributed by atoms with Crippen LogP contribution in [0.25, 0.3) is 0 Å². The average Bonchev–Trinajstić information content (AvgIpc) is 1.85. The normalized spacial score (nSPS) is 10.0. The zero-order valence-corrected chi connectivity index (χ0v) is 6.94. The molecule has 10 heavy (non-hydrogen) atoms. The molecule has 0 bridgehead atoms. The summed E-state index contributed by atoms with van der Waals surface area (Å²) in [6.45, 7) is 3.78. The fraction of sp³-hybridized carbons (Fsp3) is 0.714. The van der Waals surface area contributed by atoms with Crippen molar-refractivity contribution in [1.82, 2.24) is 0 Å². The molecule has 0 unspecified atom stereocenters. The van der Waals surface area contributed by atoms with E-state index in [2.05, 4.69) is 0 Å². The molecule has 0 N–H and O–H groups in total. The monoisotopic (exact) mass is 162 g/mol. The highest BCUT2D eigenvalue weighted by atomic mass is 35.5. The highest BCUT2D eigenvalue weighted by Crippen LogP contribution is 2.00. The van der Waals surface area contributed by atoms with E-state index in [1.807, 2.05) is 13.8 Å². The van der Waals surface area contributed by atoms with Gasteiger partial charge in [-0.15, -0.1) is 11.6 Å². The molecule has 0 aliphatic heterocycles. The number of halogens is 1. The van der Waals surface area contributed by atoms with Gasteiger partial charge in [0.1, 0.15) is 0 Å². The SMILES string of the molecule is CC(C)CC(=O)C(=O)CCl. The fourth-order valence-corrected chi connectivity index (χ4v) is 0.708. The summed E-state index contributed by atoms with van der Waals surface area (Å²) >= 11 is 5.16. The number of rotatable bonds is 4. The van der Waals surface area contributed by atoms with Gasteiger partial charge in [0, 0.05) is 6.42 Å². The van der Waals surface area contributed by atoms with Crippen LogP contribution in [0.3, 0.4) is 0 Å². The van der Waals surface area contributed by atoms with Crippen LogP contribution in [0.1, 0.15) is 20.3 Å². The van der Waals surface area contributed by atoms with Crippen LogP contribution in [0.5, 0.6) is 0 Å². The zero-order chi connectivity index (χ0) is 8.15. The number of alkyl halides is 1. The van der Waals surface area contributed by atoms with E-state index in [0.29, 0.717) is 6.42 Å². The predicted molar refractivity (Wildman–Crippen MR) is 40.2 cm³/mol. The van der Waals surface area contributed by atoms with E-state index < -0.39 is 5.78 Å². The Balaban J connectivity index is 3.74. The molecule has 58 valence electrons. The first-order valence-corrected chi connectivity index (χ1v) is 3.73. The van der Waals surface area contributed by atoms with Gasteiger partial charge < -0.3 is 0 Å². The van der Waals surface area contributed by atoms with Crippen molar-refractivity contribution in [3.05, 3.63) is 0 Å². The number of hydrogen-bond acceptors (Lipinski definition) is 2. The van der Waals surface area contributed by atoms with E-state index in [-0.39, 0.29) is 17.6 Å². The van der Waals surface area contributed by atoms with Crippen LogP contribution in [0, 0.1) is 5.92 Å². The molecular formula is C7H11ClO2. The number of Topliss-reactive ketones (excluding diaryl/α,β-unsaturated/α-hetero) is 2. The second kappa shape index (κ2) is 4.45. The molecule has 0 aromatic carbocycles. The summed E-state index contributed by atoms with van der Waals surface area (Å²) in [5.74, 6) is -0.786. The standard InChI is InChI=1S/C7H11ClO2/c1-5(2)3-6(9)7(10)4-8/h5H,3-4H2,1-2H3. The van der Waals surface area contributed by atoms with Gasteiger partial charge in [0.2, 0.25) is 5.78 Å². The van der Waals surface area contributed by atoms with E-state index in [1.54, 1.807) is 0 Å². The number of carbonyl (C=O) groups excluding carboxylic acids is 2. The minimum absolute atomic E-state index is 0.189. The molecular weight excluding hydrogens is 152 g/mol. The maximum absolute atomic E-state index is 10.8. The third-order valence-corrected chi connectivity index (χ3v) is 1.27. The van der Waals surface area contributed by atoms with Crippen molar-refractivity contribution in [2.45, 2.75) is 20.3 Å². The highest BCUT2D eigenvalue weighted by molar-refractivity contribution is 6.47. The van der Waals surface area contributed by atoms with E-state index in [4.69, 9.17) is 11.6 Å². The summed E-state index contributed by atoms with van der Waals surface area (Å²) in [6, 6.07) is 0. The van der Waals surface area contributed by atoms with Gasteiger partial charge in [-0.2, -0.15) is 0 Å². The van der Waals surface area contributed by atoms with Crippen molar-refractivity contribution in [3.63, 3.8) is 0 Å². The van der Waals surface area contributed by atoms with Crippen molar-refractivity contribution in [1.29, 1.82) is 0 Å². The van der Waals surface area contributed by atoms with Crippen LogP contribution in [0.4, 0.5) is 0 Å². The molecule has 0 saturated carbocycles. The number of hydrogen-bond donors (Lipinski definition) is 0. The molecule has 0 aromatic rings. The molecule has 0 aromatic heterocycles. The molecule has 2 nitrogen and oxygen atoms in total. The van der Waals surface area contributed by atoms with Crippen LogP contribution in [0.15, 0.2) is 0 Å². The molecule has 0 heterocycles. The molecule has 0 spiro atoms. The van der Waals surface area contributed by atoms with Gasteiger partial charge in [-0.05, 0) is 5.92 Å². The van der Waals surface area contributed by atoms with Crippen LogP contribution in [0.2, 0.25) is 0 Å². The smallest absolute Gasteiger partial charge is 0.213 e. The van der Waals surface area contributed by atoms with Crippen LogP contribution in [-0.4, -0.2) is 17.4 Å². The predicted octanol–water partition coefficient (Wildman–Crippen LogP) is 1.41. The Kier molecular flexibility index (Phi) is 4.28. The van der Waals surface area contributed by atoms with Gasteiger partial charge in [0.25, 0.3) is 0 Å². The fourth-order valence-electron chi connectivity index (χ4n) is 0.559. The first-order chi connectivity index (χ1) is 4.57. The topological polar surface area (TPSA) is 34.1 Å². The van der Waals surface area contributed by atoms with Gasteiger partial charge in [-0.1, -0.05) is 13.8 Å². The molecule has 0 atom stereocenters. The second-order valence-electron chi connectivity index (χ2n) is 2.58. The molecule has 0 fully saturated rings. The molecule has 0 rings (SSSR count). The van der Waals surface area contributed by atoms with Gasteiger partial charge in [-0.25, -0.2) is 0 Å². The zero-order valence-electron chi connectivity index (χ0n) is 6.19. The molecule has 0 saturated heterocycles. The lowest BCUT2D eigenvalue weighted by Crippen LogP contribution is -2.16. The van der Waals surface area contributed by atoms with Crippen molar-refractivity contribution in [2.24, 2.45) is 5.92 Å². The second-order valence-corrected chi connectivity index (χ2v) is 2.85. The Morgan fingerprint density at radius 3 is 2.10 bits per heavy atom. The lowest BCUT2D eigenvalue weighted by molar-refractivity contribution is -0.135. The van der Waals surface area contributed by atoms with Crippen LogP contribution < -0.4 is 0 Å². The lowest BCUT2D eigenvalue weighted by Gasteiger charge is -1.99. The maximum Gasteiger partial charge on any atom is 0.213 e. The van der Waals surface area contributed by atoms with E-state index in [1.165, 1.54) is 0 Å². The summed E-state index contributed by atoms with van der Waals surface area (Å²) < 4.78 is 0. The Morgan fingerprint density at radius 1 is 1.30 bits per heavy atom. The van der Waals surface area contributed by atoms with Gasteiger partial charge >= 0.3 is 0 Å². The third kappa shape index (κ3) is 3.62. The third-order valence-electron chi connectivity index (χ3n) is 1.03. The van der Waals surface area contributed by atoms with Gasteiger partial charge in [-0.3, -0.25) is 9.59 Å². The van der Waals surface area contributed by atoms with Crippen LogP contribution in [-0.2, 0) is 9.59 Å². The minimum atomic E-state index is -0.477. The quantitative estimate of drug-likeness (QED) is 0.463. The molecule has 0 radical (unpaired) electrons. The van der Waals surface area contributed by atoms with E-state index >= 15 is 0 Å². The molecule has 0 aliphatic carbocycles. The first-order valence-electron chi connectivity index (χ1n) is 3.20. The summed E-state index contributed by atoms with van der Waals surface area (Å²) in [7, 11) is 0. The summed E-state index contributed by atoms with van der Waals surface area (Å²) in [5.41, 5.74) is 0. The Labute approximate surface area is 65.6 Å². The number of carbonyl (C=O) groups is 2. The lowest BCUT2D eigenvalue weighted by atomic mass is 10.1. The summed E-state index contributed by atoms with van der Waals surface area (Å²) in [4.78, 5) is 21.3. The van der Waals surface area contributed by atoms with Crippen molar-refractivity contribution < 1.29 is 9.59 Å². The number of ketones is 2. The average molecular weight is 163 g/mol. The van der Waals surface area contributed by atoms with Gasteiger partial charge in [0.05, 0.1) is 5.88 Å². The Bertz CT molecular complexity index is 141. The first kappa shape index (κ1) is 9.63. The van der Waals surface area contributed by atoms with Crippen molar-refractivity contribution >= 4 is 23.2 Å².